The van der Waals surface area contributed by atoms with Crippen molar-refractivity contribution in [3.05, 3.63) is 60.8 Å². The Morgan fingerprint density at radius 1 is 1.06 bits per heavy atom. The number of anilines is 2. The van der Waals surface area contributed by atoms with Crippen LogP contribution in [0.25, 0.3) is 11.1 Å². The van der Waals surface area contributed by atoms with Gasteiger partial charge in [0, 0.05) is 48.5 Å². The van der Waals surface area contributed by atoms with Gasteiger partial charge in [0.15, 0.2) is 0 Å². The van der Waals surface area contributed by atoms with Crippen molar-refractivity contribution in [3.8, 4) is 16.9 Å². The topological polar surface area (TPSA) is 106 Å². The van der Waals surface area contributed by atoms with E-state index in [1.165, 1.54) is 31.7 Å². The number of pyridine rings is 1. The van der Waals surface area contributed by atoms with E-state index in [1.807, 2.05) is 0 Å². The fraction of sp³-hybridized carbons (Fsp3) is 0.273. The van der Waals surface area contributed by atoms with E-state index in [4.69, 9.17) is 0 Å². The van der Waals surface area contributed by atoms with Gasteiger partial charge in [-0.3, -0.25) is 4.79 Å². The third-order valence-corrected chi connectivity index (χ3v) is 4.75. The maximum atomic E-state index is 12.7. The lowest BCUT2D eigenvalue weighted by Gasteiger charge is -2.20. The maximum absolute atomic E-state index is 12.7. The number of nitrogens with zero attached hydrogens (tertiary/aromatic N) is 4. The summed E-state index contributed by atoms with van der Waals surface area (Å²) in [6, 6.07) is 6.64. The van der Waals surface area contributed by atoms with Gasteiger partial charge >= 0.3 is 6.36 Å². The fourth-order valence-corrected chi connectivity index (χ4v) is 3.36. The molecule has 0 bridgehead atoms. The molecule has 1 aliphatic rings. The van der Waals surface area contributed by atoms with Crippen molar-refractivity contribution in [2.75, 3.05) is 30.4 Å². The number of ether oxygens (including phenoxy) is 1. The minimum absolute atomic E-state index is 0.303. The van der Waals surface area contributed by atoms with Crippen LogP contribution in [0.1, 0.15) is 23.2 Å². The third kappa shape index (κ3) is 6.39. The lowest BCUT2D eigenvalue weighted by atomic mass is 10.1. The number of rotatable bonds is 5. The SMILES string of the molecule is CN.O=C(Nc1ccc(OC(F)(F)F)cc1)c1cnc(N2CCCC2)c(-c2cncnc2)c1. The van der Waals surface area contributed by atoms with Gasteiger partial charge in [-0.1, -0.05) is 0 Å². The molecule has 33 heavy (non-hydrogen) atoms. The number of hydrogen-bond donors (Lipinski definition) is 2. The molecule has 1 fully saturated rings. The molecule has 2 aromatic heterocycles. The second-order valence-corrected chi connectivity index (χ2v) is 6.94. The van der Waals surface area contributed by atoms with Gasteiger partial charge in [0.1, 0.15) is 17.9 Å². The Morgan fingerprint density at radius 3 is 2.30 bits per heavy atom. The minimum atomic E-state index is -4.77. The minimum Gasteiger partial charge on any atom is -0.406 e. The highest BCUT2D eigenvalue weighted by Gasteiger charge is 2.31. The molecule has 1 aromatic carbocycles. The van der Waals surface area contributed by atoms with E-state index in [0.29, 0.717) is 11.3 Å². The first-order valence-corrected chi connectivity index (χ1v) is 10.1. The molecule has 1 saturated heterocycles. The molecule has 0 radical (unpaired) electrons. The highest BCUT2D eigenvalue weighted by Crippen LogP contribution is 2.31. The van der Waals surface area contributed by atoms with Crippen LogP contribution in [0.15, 0.2) is 55.2 Å². The van der Waals surface area contributed by atoms with Crippen LogP contribution in [0.3, 0.4) is 0 Å². The van der Waals surface area contributed by atoms with Gasteiger partial charge in [-0.2, -0.15) is 0 Å². The van der Waals surface area contributed by atoms with Crippen LogP contribution in [0.2, 0.25) is 0 Å². The van der Waals surface area contributed by atoms with Crippen LogP contribution >= 0.6 is 0 Å². The maximum Gasteiger partial charge on any atom is 0.573 e. The molecular formula is C22H23F3N6O2. The standard InChI is InChI=1S/C21H18F3N5O2.CH5N/c22-21(23,24)31-17-5-3-16(4-6-17)28-20(30)14-9-18(15-10-25-13-26-11-15)19(27-12-14)29-7-1-2-8-29;1-2/h3-6,9-13H,1-2,7-8H2,(H,28,30);2H2,1H3. The molecule has 0 saturated carbocycles. The van der Waals surface area contributed by atoms with Crippen molar-refractivity contribution in [2.45, 2.75) is 19.2 Å². The van der Waals surface area contributed by atoms with Crippen molar-refractivity contribution in [3.63, 3.8) is 0 Å². The Kier molecular flexibility index (Phi) is 7.78. The Hall–Kier alpha value is -3.73. The van der Waals surface area contributed by atoms with Crippen LogP contribution in [-0.2, 0) is 0 Å². The summed E-state index contributed by atoms with van der Waals surface area (Å²) < 4.78 is 40.7. The van der Waals surface area contributed by atoms with Gasteiger partial charge < -0.3 is 20.7 Å². The van der Waals surface area contributed by atoms with Crippen LogP contribution in [-0.4, -0.2) is 47.4 Å². The first-order chi connectivity index (χ1) is 15.9. The van der Waals surface area contributed by atoms with E-state index >= 15 is 0 Å². The summed E-state index contributed by atoms with van der Waals surface area (Å²) >= 11 is 0. The van der Waals surface area contributed by atoms with Crippen molar-refractivity contribution in [1.82, 2.24) is 15.0 Å². The van der Waals surface area contributed by atoms with Gasteiger partial charge in [0.05, 0.1) is 5.56 Å². The monoisotopic (exact) mass is 460 g/mol. The second-order valence-electron chi connectivity index (χ2n) is 6.94. The molecule has 3 aromatic rings. The zero-order valence-corrected chi connectivity index (χ0v) is 17.8. The molecule has 1 amide bonds. The lowest BCUT2D eigenvalue weighted by Crippen LogP contribution is -2.21. The average molecular weight is 460 g/mol. The summed E-state index contributed by atoms with van der Waals surface area (Å²) in [5.41, 5.74) is 6.61. The van der Waals surface area contributed by atoms with Gasteiger partial charge in [-0.25, -0.2) is 15.0 Å². The van der Waals surface area contributed by atoms with E-state index in [-0.39, 0.29) is 5.75 Å². The number of alkyl halides is 3. The number of aromatic nitrogens is 3. The van der Waals surface area contributed by atoms with Crippen LogP contribution < -0.4 is 20.7 Å². The summed E-state index contributed by atoms with van der Waals surface area (Å²) in [5, 5.41) is 2.66. The Morgan fingerprint density at radius 2 is 1.70 bits per heavy atom. The predicted octanol–water partition coefficient (Wildman–Crippen LogP) is 3.86. The zero-order valence-electron chi connectivity index (χ0n) is 17.8. The molecule has 3 N–H and O–H groups in total. The van der Waals surface area contributed by atoms with Crippen molar-refractivity contribution in [1.29, 1.82) is 0 Å². The smallest absolute Gasteiger partial charge is 0.406 e. The molecule has 11 heteroatoms. The first kappa shape index (κ1) is 23.9. The molecule has 4 rings (SSSR count). The molecule has 174 valence electrons. The van der Waals surface area contributed by atoms with E-state index in [0.717, 1.165) is 55.0 Å². The number of benzene rings is 1. The van der Waals surface area contributed by atoms with Gasteiger partial charge in [0.25, 0.3) is 5.91 Å². The molecule has 8 nitrogen and oxygen atoms in total. The summed E-state index contributed by atoms with van der Waals surface area (Å²) in [6.45, 7) is 1.76. The Bertz CT molecular complexity index is 1060. The number of carbonyl (C=O) groups is 1. The predicted molar refractivity (Wildman–Crippen MR) is 118 cm³/mol. The number of nitrogens with one attached hydrogen (secondary N) is 1. The molecule has 3 heterocycles. The molecule has 1 aliphatic heterocycles. The normalized spacial score (nSPS) is 13.2. The van der Waals surface area contributed by atoms with Crippen LogP contribution in [0, 0.1) is 0 Å². The number of hydrogen-bond acceptors (Lipinski definition) is 7. The van der Waals surface area contributed by atoms with Crippen molar-refractivity contribution < 1.29 is 22.7 Å². The van der Waals surface area contributed by atoms with Crippen LogP contribution in [0.4, 0.5) is 24.7 Å². The summed E-state index contributed by atoms with van der Waals surface area (Å²) in [7, 11) is 1.50. The van der Waals surface area contributed by atoms with E-state index in [2.05, 4.69) is 35.6 Å². The highest BCUT2D eigenvalue weighted by atomic mass is 19.4. The second kappa shape index (κ2) is 10.7. The average Bonchev–Trinajstić information content (AvgIpc) is 3.36. The largest absolute Gasteiger partial charge is 0.573 e. The Balaban J connectivity index is 0.00000149. The van der Waals surface area contributed by atoms with Crippen molar-refractivity contribution >= 4 is 17.4 Å². The van der Waals surface area contributed by atoms with Crippen LogP contribution in [0.5, 0.6) is 5.75 Å². The lowest BCUT2D eigenvalue weighted by molar-refractivity contribution is -0.274. The highest BCUT2D eigenvalue weighted by molar-refractivity contribution is 6.05. The van der Waals surface area contributed by atoms with Gasteiger partial charge in [-0.15, -0.1) is 13.2 Å². The molecule has 0 unspecified atom stereocenters. The third-order valence-electron chi connectivity index (χ3n) is 4.75. The quantitative estimate of drug-likeness (QED) is 0.595. The molecular weight excluding hydrogens is 437 g/mol. The molecule has 0 atom stereocenters. The van der Waals surface area contributed by atoms with Gasteiger partial charge in [0.2, 0.25) is 0 Å². The first-order valence-electron chi connectivity index (χ1n) is 10.1. The number of nitrogens with two attached hydrogens (primary N) is 1. The number of amides is 1. The summed E-state index contributed by atoms with van der Waals surface area (Å²) in [4.78, 5) is 27.5. The molecule has 0 aliphatic carbocycles. The summed E-state index contributed by atoms with van der Waals surface area (Å²) in [6.07, 6.45) is 3.60. The summed E-state index contributed by atoms with van der Waals surface area (Å²) in [5.74, 6) is -0.0472. The van der Waals surface area contributed by atoms with E-state index < -0.39 is 12.3 Å². The Labute approximate surface area is 188 Å². The zero-order chi connectivity index (χ0) is 23.8. The van der Waals surface area contributed by atoms with E-state index in [9.17, 15) is 18.0 Å². The fourth-order valence-electron chi connectivity index (χ4n) is 3.36. The molecule has 0 spiro atoms. The van der Waals surface area contributed by atoms with E-state index in [1.54, 1.807) is 18.5 Å². The van der Waals surface area contributed by atoms with Gasteiger partial charge in [-0.05, 0) is 50.2 Å². The number of halogens is 3. The van der Waals surface area contributed by atoms with Crippen molar-refractivity contribution in [2.24, 2.45) is 5.73 Å². The number of carbonyl (C=O) groups excluding carboxylic acids is 1.